The Labute approximate surface area is 119 Å². The van der Waals surface area contributed by atoms with E-state index in [2.05, 4.69) is 33.9 Å². The summed E-state index contributed by atoms with van der Waals surface area (Å²) in [7, 11) is 4.03. The van der Waals surface area contributed by atoms with E-state index in [0.717, 1.165) is 0 Å². The van der Waals surface area contributed by atoms with Crippen LogP contribution in [0.1, 0.15) is 27.7 Å². The molecular formula is C13H27BO4Si. The minimum atomic E-state index is -1.96. The smallest absolute Gasteiger partial charge is 0.192 e. The van der Waals surface area contributed by atoms with Gasteiger partial charge in [0.15, 0.2) is 8.32 Å². The van der Waals surface area contributed by atoms with Crippen LogP contribution in [0.2, 0.25) is 18.1 Å². The number of hydrogen-bond acceptors (Lipinski definition) is 4. The minimum Gasteiger partial charge on any atom is -0.412 e. The summed E-state index contributed by atoms with van der Waals surface area (Å²) < 4.78 is 11.9. The summed E-state index contributed by atoms with van der Waals surface area (Å²) >= 11 is 0. The Balaban J connectivity index is 2.91. The maximum absolute atomic E-state index is 9.50. The lowest BCUT2D eigenvalue weighted by atomic mass is 9.83. The van der Waals surface area contributed by atoms with Crippen LogP contribution in [0.3, 0.4) is 0 Å². The highest BCUT2D eigenvalue weighted by atomic mass is 28.4. The first-order valence-electron chi connectivity index (χ1n) is 6.84. The quantitative estimate of drug-likeness (QED) is 0.764. The molecule has 1 heterocycles. The van der Waals surface area contributed by atoms with Crippen molar-refractivity contribution in [3.63, 3.8) is 0 Å². The molecule has 0 saturated carbocycles. The van der Waals surface area contributed by atoms with E-state index in [1.165, 1.54) is 0 Å². The van der Waals surface area contributed by atoms with Crippen molar-refractivity contribution in [2.45, 2.75) is 63.5 Å². The van der Waals surface area contributed by atoms with Gasteiger partial charge in [0.1, 0.15) is 13.4 Å². The van der Waals surface area contributed by atoms with Gasteiger partial charge >= 0.3 is 0 Å². The lowest BCUT2D eigenvalue weighted by molar-refractivity contribution is -0.0991. The molecule has 1 fully saturated rings. The molecule has 1 aliphatic rings. The highest BCUT2D eigenvalue weighted by Crippen LogP contribution is 2.43. The first-order valence-corrected chi connectivity index (χ1v) is 9.74. The van der Waals surface area contributed by atoms with Crippen LogP contribution in [-0.2, 0) is 9.16 Å². The minimum absolute atomic E-state index is 0.0795. The van der Waals surface area contributed by atoms with Gasteiger partial charge < -0.3 is 19.4 Å². The van der Waals surface area contributed by atoms with E-state index >= 15 is 0 Å². The molecule has 0 bridgehead atoms. The monoisotopic (exact) mass is 286 g/mol. The highest BCUT2D eigenvalue weighted by molar-refractivity contribution is 6.74. The Morgan fingerprint density at radius 2 is 1.74 bits per heavy atom. The fourth-order valence-electron chi connectivity index (χ4n) is 2.13. The number of aliphatic hydroxyl groups excluding tert-OH is 2. The van der Waals surface area contributed by atoms with Crippen molar-refractivity contribution in [3.05, 3.63) is 0 Å². The van der Waals surface area contributed by atoms with Crippen molar-refractivity contribution < 1.29 is 19.4 Å². The Bertz CT molecular complexity index is 312. The number of aliphatic hydroxyl groups is 2. The Kier molecular flexibility index (Phi) is 4.96. The largest absolute Gasteiger partial charge is 0.412 e. The second-order valence-electron chi connectivity index (χ2n) is 7.09. The Hall–Kier alpha value is 0.122. The molecule has 19 heavy (non-hydrogen) atoms. The van der Waals surface area contributed by atoms with Gasteiger partial charge in [0.2, 0.25) is 0 Å². The molecule has 0 aromatic carbocycles. The summed E-state index contributed by atoms with van der Waals surface area (Å²) in [5, 5.41) is 19.1. The maximum atomic E-state index is 9.50. The first-order chi connectivity index (χ1) is 8.50. The average Bonchev–Trinajstić information content (AvgIpc) is 2.52. The van der Waals surface area contributed by atoms with Crippen LogP contribution >= 0.6 is 0 Å². The highest BCUT2D eigenvalue weighted by Gasteiger charge is 2.53. The van der Waals surface area contributed by atoms with Crippen LogP contribution < -0.4 is 0 Å². The van der Waals surface area contributed by atoms with Gasteiger partial charge in [-0.05, 0) is 18.1 Å². The van der Waals surface area contributed by atoms with Crippen molar-refractivity contribution >= 4 is 16.2 Å². The van der Waals surface area contributed by atoms with E-state index < -0.39 is 19.9 Å². The van der Waals surface area contributed by atoms with E-state index in [1.54, 1.807) is 0 Å². The molecule has 4 nitrogen and oxygen atoms in total. The second kappa shape index (κ2) is 5.48. The van der Waals surface area contributed by atoms with Crippen LogP contribution in [0.4, 0.5) is 0 Å². The molecule has 110 valence electrons. The number of rotatable bonds is 4. The molecule has 1 unspecified atom stereocenters. The molecule has 6 heteroatoms. The predicted molar refractivity (Wildman–Crippen MR) is 78.8 cm³/mol. The molecular weight excluding hydrogens is 259 g/mol. The van der Waals surface area contributed by atoms with Crippen LogP contribution in [0, 0.1) is 5.92 Å². The molecule has 0 aromatic rings. The number of ether oxygens (including phenoxy) is 1. The van der Waals surface area contributed by atoms with Gasteiger partial charge in [-0.15, -0.1) is 0 Å². The third-order valence-electron chi connectivity index (χ3n) is 4.79. The third kappa shape index (κ3) is 3.08. The van der Waals surface area contributed by atoms with Crippen molar-refractivity contribution in [2.24, 2.45) is 5.92 Å². The van der Waals surface area contributed by atoms with Gasteiger partial charge in [-0.1, -0.05) is 27.7 Å². The molecule has 0 spiro atoms. The van der Waals surface area contributed by atoms with E-state index in [1.807, 2.05) is 6.92 Å². The first kappa shape index (κ1) is 17.2. The number of hydrogen-bond donors (Lipinski definition) is 2. The lowest BCUT2D eigenvalue weighted by Crippen LogP contribution is -2.49. The summed E-state index contributed by atoms with van der Waals surface area (Å²) in [5.74, 6) is -0.147. The Morgan fingerprint density at radius 3 is 2.05 bits per heavy atom. The molecule has 1 aliphatic heterocycles. The van der Waals surface area contributed by atoms with Crippen molar-refractivity contribution in [1.29, 1.82) is 0 Å². The van der Waals surface area contributed by atoms with E-state index in [-0.39, 0.29) is 30.3 Å². The molecule has 3 atom stereocenters. The summed E-state index contributed by atoms with van der Waals surface area (Å²) in [6.45, 7) is 12.2. The fourth-order valence-corrected chi connectivity index (χ4v) is 3.50. The summed E-state index contributed by atoms with van der Waals surface area (Å²) in [5.41, 5.74) is -0.994. The second-order valence-corrected chi connectivity index (χ2v) is 11.9. The normalized spacial score (nSPS) is 31.7. The molecule has 2 N–H and O–H groups in total. The molecule has 1 rings (SSSR count). The fraction of sp³-hybridized carbons (Fsp3) is 1.00. The standard InChI is InChI=1S/C13H27BO4Si/c1-9-10(18-19(5,6)12(2,3)4)11(14)17-13(9,7-15)8-16/h9-11,15-16H,7-8H2,1-6H3/t9?,10-,11+/m0/s1. The SMILES string of the molecule is [B][C@@H]1OC(CO)(CO)C(C)[C@@H]1O[Si](C)(C)C(C)(C)C. The van der Waals surface area contributed by atoms with Gasteiger partial charge in [0.05, 0.1) is 19.3 Å². The predicted octanol–water partition coefficient (Wildman–Crippen LogP) is 1.26. The summed E-state index contributed by atoms with van der Waals surface area (Å²) in [6, 6.07) is -0.608. The third-order valence-corrected chi connectivity index (χ3v) is 9.26. The van der Waals surface area contributed by atoms with Crippen molar-refractivity contribution in [3.8, 4) is 0 Å². The van der Waals surface area contributed by atoms with E-state index in [9.17, 15) is 10.2 Å². The van der Waals surface area contributed by atoms with Crippen LogP contribution in [-0.4, -0.2) is 57.3 Å². The van der Waals surface area contributed by atoms with Crippen LogP contribution in [0.15, 0.2) is 0 Å². The van der Waals surface area contributed by atoms with Gasteiger partial charge in [-0.3, -0.25) is 0 Å². The maximum Gasteiger partial charge on any atom is 0.192 e. The van der Waals surface area contributed by atoms with E-state index in [0.29, 0.717) is 0 Å². The van der Waals surface area contributed by atoms with Crippen molar-refractivity contribution in [2.75, 3.05) is 13.2 Å². The van der Waals surface area contributed by atoms with Crippen LogP contribution in [0.5, 0.6) is 0 Å². The summed E-state index contributed by atoms with van der Waals surface area (Å²) in [4.78, 5) is 0. The van der Waals surface area contributed by atoms with Gasteiger partial charge in [0, 0.05) is 11.9 Å². The van der Waals surface area contributed by atoms with E-state index in [4.69, 9.17) is 17.0 Å². The van der Waals surface area contributed by atoms with Gasteiger partial charge in [-0.2, -0.15) is 0 Å². The van der Waals surface area contributed by atoms with Gasteiger partial charge in [0.25, 0.3) is 0 Å². The zero-order valence-corrected chi connectivity index (χ0v) is 13.9. The molecule has 2 radical (unpaired) electrons. The van der Waals surface area contributed by atoms with Crippen molar-refractivity contribution in [1.82, 2.24) is 0 Å². The lowest BCUT2D eigenvalue weighted by Gasteiger charge is -2.40. The average molecular weight is 286 g/mol. The molecule has 0 aromatic heterocycles. The Morgan fingerprint density at radius 1 is 1.26 bits per heavy atom. The van der Waals surface area contributed by atoms with Gasteiger partial charge in [-0.25, -0.2) is 0 Å². The molecule has 1 saturated heterocycles. The zero-order valence-electron chi connectivity index (χ0n) is 12.9. The summed E-state index contributed by atoms with van der Waals surface area (Å²) in [6.07, 6.45) is -0.291. The molecule has 0 aliphatic carbocycles. The van der Waals surface area contributed by atoms with Crippen LogP contribution in [0.25, 0.3) is 0 Å². The molecule has 0 amide bonds. The topological polar surface area (TPSA) is 58.9 Å². The zero-order chi connectivity index (χ0) is 15.1.